The van der Waals surface area contributed by atoms with Gasteiger partial charge in [0.05, 0.1) is 12.4 Å². The van der Waals surface area contributed by atoms with Crippen LogP contribution >= 0.6 is 11.8 Å². The molecule has 0 aliphatic carbocycles. The maximum Gasteiger partial charge on any atom is 0.277 e. The molecule has 2 N–H and O–H groups in total. The van der Waals surface area contributed by atoms with Gasteiger partial charge in [0, 0.05) is 13.0 Å². The molecule has 6 heteroatoms. The van der Waals surface area contributed by atoms with Crippen molar-refractivity contribution in [1.82, 2.24) is 10.2 Å². The average molecular weight is 293 g/mol. The Morgan fingerprint density at radius 2 is 2.20 bits per heavy atom. The summed E-state index contributed by atoms with van der Waals surface area (Å²) in [7, 11) is 1.66. The third kappa shape index (κ3) is 3.52. The minimum absolute atomic E-state index is 0.000637. The van der Waals surface area contributed by atoms with E-state index in [1.807, 2.05) is 24.3 Å². The summed E-state index contributed by atoms with van der Waals surface area (Å²) in [6, 6.07) is 7.91. The lowest BCUT2D eigenvalue weighted by molar-refractivity contribution is 0.413. The fraction of sp³-hybridized carbons (Fsp3) is 0.429. The Kier molecular flexibility index (Phi) is 5.03. The number of benzene rings is 1. The van der Waals surface area contributed by atoms with E-state index in [4.69, 9.17) is 14.9 Å². The monoisotopic (exact) mass is 293 g/mol. The Morgan fingerprint density at radius 1 is 1.40 bits per heavy atom. The fourth-order valence-electron chi connectivity index (χ4n) is 1.87. The van der Waals surface area contributed by atoms with Gasteiger partial charge in [-0.2, -0.15) is 0 Å². The largest absolute Gasteiger partial charge is 0.497 e. The van der Waals surface area contributed by atoms with Crippen LogP contribution in [0.2, 0.25) is 0 Å². The molecule has 1 aromatic heterocycles. The van der Waals surface area contributed by atoms with Gasteiger partial charge >= 0.3 is 0 Å². The van der Waals surface area contributed by atoms with E-state index >= 15 is 0 Å². The standard InChI is InChI=1S/C14H19N3O2S/c1-4-12(15)13(20-14-17-16-9(2)19-14)10-6-5-7-11(8-10)18-3/h5-8,12-13H,4,15H2,1-3H3. The first-order chi connectivity index (χ1) is 9.63. The molecule has 20 heavy (non-hydrogen) atoms. The Balaban J connectivity index is 2.26. The lowest BCUT2D eigenvalue weighted by atomic mass is 10.0. The molecule has 0 radical (unpaired) electrons. The number of hydrogen-bond acceptors (Lipinski definition) is 6. The van der Waals surface area contributed by atoms with E-state index in [9.17, 15) is 0 Å². The zero-order valence-electron chi connectivity index (χ0n) is 11.9. The van der Waals surface area contributed by atoms with Gasteiger partial charge in [-0.3, -0.25) is 0 Å². The second-order valence-electron chi connectivity index (χ2n) is 4.47. The Labute approximate surface area is 122 Å². The molecule has 0 aliphatic rings. The SMILES string of the molecule is CCC(N)C(Sc1nnc(C)o1)c1cccc(OC)c1. The molecule has 0 saturated heterocycles. The summed E-state index contributed by atoms with van der Waals surface area (Å²) < 4.78 is 10.7. The molecule has 5 nitrogen and oxygen atoms in total. The van der Waals surface area contributed by atoms with Crippen molar-refractivity contribution < 1.29 is 9.15 Å². The first-order valence-electron chi connectivity index (χ1n) is 6.50. The highest BCUT2D eigenvalue weighted by molar-refractivity contribution is 7.99. The molecule has 0 saturated carbocycles. The van der Waals surface area contributed by atoms with Crippen LogP contribution in [-0.2, 0) is 0 Å². The van der Waals surface area contributed by atoms with E-state index in [-0.39, 0.29) is 11.3 Å². The molecule has 1 aromatic carbocycles. The van der Waals surface area contributed by atoms with Gasteiger partial charge in [-0.15, -0.1) is 10.2 Å². The number of ether oxygens (including phenoxy) is 1. The number of methoxy groups -OCH3 is 1. The smallest absolute Gasteiger partial charge is 0.277 e. The van der Waals surface area contributed by atoms with Gasteiger partial charge in [0.1, 0.15) is 5.75 Å². The Bertz CT molecular complexity index is 559. The maximum atomic E-state index is 6.24. The summed E-state index contributed by atoms with van der Waals surface area (Å²) in [4.78, 5) is 0. The molecule has 0 aliphatic heterocycles. The highest BCUT2D eigenvalue weighted by Gasteiger charge is 2.23. The lowest BCUT2D eigenvalue weighted by Crippen LogP contribution is -2.25. The fourth-order valence-corrected chi connectivity index (χ4v) is 2.99. The predicted octanol–water partition coefficient (Wildman–Crippen LogP) is 2.96. The molecule has 108 valence electrons. The Hall–Kier alpha value is -1.53. The summed E-state index contributed by atoms with van der Waals surface area (Å²) in [6.45, 7) is 3.84. The summed E-state index contributed by atoms with van der Waals surface area (Å²) >= 11 is 1.49. The van der Waals surface area contributed by atoms with Gasteiger partial charge in [0.25, 0.3) is 5.22 Å². The predicted molar refractivity (Wildman–Crippen MR) is 78.9 cm³/mol. The minimum atomic E-state index is -0.000637. The number of aryl methyl sites for hydroxylation is 1. The third-order valence-electron chi connectivity index (χ3n) is 3.02. The van der Waals surface area contributed by atoms with E-state index in [0.717, 1.165) is 17.7 Å². The second-order valence-corrected chi connectivity index (χ2v) is 5.57. The highest BCUT2D eigenvalue weighted by atomic mass is 32.2. The molecule has 0 bridgehead atoms. The molecule has 0 spiro atoms. The molecular formula is C14H19N3O2S. The van der Waals surface area contributed by atoms with Gasteiger partial charge in [-0.1, -0.05) is 30.8 Å². The molecule has 1 heterocycles. The van der Waals surface area contributed by atoms with Gasteiger partial charge < -0.3 is 14.9 Å². The first kappa shape index (κ1) is 14.9. The van der Waals surface area contributed by atoms with Crippen molar-refractivity contribution in [3.8, 4) is 5.75 Å². The summed E-state index contributed by atoms with van der Waals surface area (Å²) in [5.41, 5.74) is 7.34. The van der Waals surface area contributed by atoms with Crippen LogP contribution in [-0.4, -0.2) is 23.3 Å². The van der Waals surface area contributed by atoms with Gasteiger partial charge in [0.15, 0.2) is 0 Å². The maximum absolute atomic E-state index is 6.24. The number of nitrogens with two attached hydrogens (primary N) is 1. The lowest BCUT2D eigenvalue weighted by Gasteiger charge is -2.21. The minimum Gasteiger partial charge on any atom is -0.497 e. The molecular weight excluding hydrogens is 274 g/mol. The van der Waals surface area contributed by atoms with Crippen molar-refractivity contribution >= 4 is 11.8 Å². The topological polar surface area (TPSA) is 74.2 Å². The van der Waals surface area contributed by atoms with E-state index < -0.39 is 0 Å². The van der Waals surface area contributed by atoms with Crippen LogP contribution in [0, 0.1) is 6.92 Å². The van der Waals surface area contributed by atoms with Crippen LogP contribution in [0.25, 0.3) is 0 Å². The van der Waals surface area contributed by atoms with Gasteiger partial charge in [-0.05, 0) is 24.1 Å². The van der Waals surface area contributed by atoms with Gasteiger partial charge in [0.2, 0.25) is 5.89 Å². The summed E-state index contributed by atoms with van der Waals surface area (Å²) in [5, 5.41) is 8.47. The van der Waals surface area contributed by atoms with Gasteiger partial charge in [-0.25, -0.2) is 0 Å². The zero-order chi connectivity index (χ0) is 14.5. The van der Waals surface area contributed by atoms with Crippen molar-refractivity contribution in [2.45, 2.75) is 36.8 Å². The van der Waals surface area contributed by atoms with Crippen LogP contribution in [0.5, 0.6) is 5.75 Å². The van der Waals surface area contributed by atoms with Crippen molar-refractivity contribution in [2.75, 3.05) is 7.11 Å². The number of nitrogens with zero attached hydrogens (tertiary/aromatic N) is 2. The van der Waals surface area contributed by atoms with Crippen molar-refractivity contribution in [2.24, 2.45) is 5.73 Å². The van der Waals surface area contributed by atoms with Crippen LogP contribution < -0.4 is 10.5 Å². The molecule has 2 unspecified atom stereocenters. The Morgan fingerprint density at radius 3 is 2.80 bits per heavy atom. The summed E-state index contributed by atoms with van der Waals surface area (Å²) in [6.07, 6.45) is 0.863. The number of thioether (sulfide) groups is 1. The number of rotatable bonds is 6. The highest BCUT2D eigenvalue weighted by Crippen LogP contribution is 2.38. The van der Waals surface area contributed by atoms with Crippen LogP contribution in [0.1, 0.15) is 30.0 Å². The van der Waals surface area contributed by atoms with Crippen LogP contribution in [0.3, 0.4) is 0 Å². The normalized spacial score (nSPS) is 14.0. The van der Waals surface area contributed by atoms with E-state index in [0.29, 0.717) is 11.1 Å². The van der Waals surface area contributed by atoms with Crippen LogP contribution in [0.15, 0.2) is 33.9 Å². The van der Waals surface area contributed by atoms with E-state index in [1.54, 1.807) is 14.0 Å². The van der Waals surface area contributed by atoms with E-state index in [2.05, 4.69) is 17.1 Å². The van der Waals surface area contributed by atoms with E-state index in [1.165, 1.54) is 11.8 Å². The van der Waals surface area contributed by atoms with Crippen LogP contribution in [0.4, 0.5) is 0 Å². The molecule has 0 amide bonds. The zero-order valence-corrected chi connectivity index (χ0v) is 12.7. The van der Waals surface area contributed by atoms with Crippen molar-refractivity contribution in [1.29, 1.82) is 0 Å². The third-order valence-corrected chi connectivity index (χ3v) is 4.26. The number of aromatic nitrogens is 2. The summed E-state index contributed by atoms with van der Waals surface area (Å²) in [5.74, 6) is 1.38. The van der Waals surface area contributed by atoms with Crippen molar-refractivity contribution in [3.05, 3.63) is 35.7 Å². The molecule has 2 aromatic rings. The number of hydrogen-bond donors (Lipinski definition) is 1. The average Bonchev–Trinajstić information content (AvgIpc) is 2.89. The van der Waals surface area contributed by atoms with Crippen molar-refractivity contribution in [3.63, 3.8) is 0 Å². The molecule has 2 rings (SSSR count). The molecule has 0 fully saturated rings. The quantitative estimate of drug-likeness (QED) is 0.825. The molecule has 2 atom stereocenters. The second kappa shape index (κ2) is 6.76. The first-order valence-corrected chi connectivity index (χ1v) is 7.38.